The van der Waals surface area contributed by atoms with Crippen molar-refractivity contribution in [2.75, 3.05) is 0 Å². The summed E-state index contributed by atoms with van der Waals surface area (Å²) in [6.07, 6.45) is 7.81. The highest BCUT2D eigenvalue weighted by atomic mass is 28.3. The van der Waals surface area contributed by atoms with E-state index in [1.165, 1.54) is 32.1 Å². The topological polar surface area (TPSA) is 20.2 Å². The first-order valence-electron chi connectivity index (χ1n) is 7.55. The molecule has 0 spiro atoms. The average Bonchev–Trinajstić information content (AvgIpc) is 2.23. The Morgan fingerprint density at radius 3 is 2.00 bits per heavy atom. The Morgan fingerprint density at radius 1 is 1.06 bits per heavy atom. The number of aliphatic hydroxyl groups is 1. The van der Waals surface area contributed by atoms with Crippen LogP contribution in [0.4, 0.5) is 0 Å². The van der Waals surface area contributed by atoms with E-state index in [1.807, 2.05) is 0 Å². The van der Waals surface area contributed by atoms with Crippen molar-refractivity contribution < 1.29 is 5.11 Å². The van der Waals surface area contributed by atoms with Gasteiger partial charge in [-0.05, 0) is 61.3 Å². The molecule has 0 saturated heterocycles. The van der Waals surface area contributed by atoms with Gasteiger partial charge in [0.1, 0.15) is 0 Å². The third kappa shape index (κ3) is 1.34. The molecule has 1 N–H and O–H groups in total. The molecule has 0 radical (unpaired) electrons. The minimum atomic E-state index is -1.31. The standard InChI is InChI=1S/C15H28OSi/c1-5-15(16)13-7-11-6-12(8-13)10-14(15,9-11)17(2,3)4/h11-13,16H,5-10H2,1-4H3. The molecule has 2 heteroatoms. The van der Waals surface area contributed by atoms with Crippen LogP contribution in [0.3, 0.4) is 0 Å². The molecule has 0 aromatic heterocycles. The zero-order valence-electron chi connectivity index (χ0n) is 11.9. The number of hydrogen-bond acceptors (Lipinski definition) is 1. The van der Waals surface area contributed by atoms with Crippen molar-refractivity contribution in [1.82, 2.24) is 0 Å². The highest BCUT2D eigenvalue weighted by Crippen LogP contribution is 2.72. The maximum Gasteiger partial charge on any atom is 0.0705 e. The lowest BCUT2D eigenvalue weighted by atomic mass is 9.48. The Bertz CT molecular complexity index is 318. The van der Waals surface area contributed by atoms with E-state index in [-0.39, 0.29) is 5.60 Å². The molecule has 17 heavy (non-hydrogen) atoms. The predicted octanol–water partition coefficient (Wildman–Crippen LogP) is 4.05. The van der Waals surface area contributed by atoms with Crippen LogP contribution in [0.5, 0.6) is 0 Å². The highest BCUT2D eigenvalue weighted by Gasteiger charge is 2.67. The van der Waals surface area contributed by atoms with Gasteiger partial charge in [0, 0.05) is 0 Å². The molecular formula is C15H28OSi. The van der Waals surface area contributed by atoms with Crippen LogP contribution in [0.15, 0.2) is 0 Å². The SMILES string of the molecule is CCC1(O)C2CC3CC(C2)CC1([Si](C)(C)C)C3. The van der Waals surface area contributed by atoms with Gasteiger partial charge in [0.25, 0.3) is 0 Å². The molecule has 0 amide bonds. The van der Waals surface area contributed by atoms with E-state index >= 15 is 0 Å². The Hall–Kier alpha value is 0.177. The summed E-state index contributed by atoms with van der Waals surface area (Å²) in [7, 11) is -1.31. The summed E-state index contributed by atoms with van der Waals surface area (Å²) >= 11 is 0. The third-order valence-corrected chi connectivity index (χ3v) is 10.4. The zero-order valence-corrected chi connectivity index (χ0v) is 12.9. The van der Waals surface area contributed by atoms with E-state index in [2.05, 4.69) is 26.6 Å². The van der Waals surface area contributed by atoms with Gasteiger partial charge < -0.3 is 5.11 Å². The molecule has 4 saturated carbocycles. The number of hydrogen-bond donors (Lipinski definition) is 1. The van der Waals surface area contributed by atoms with E-state index in [4.69, 9.17) is 0 Å². The maximum atomic E-state index is 11.4. The summed E-state index contributed by atoms with van der Waals surface area (Å²) in [4.78, 5) is 0. The van der Waals surface area contributed by atoms with Gasteiger partial charge in [0.2, 0.25) is 0 Å². The van der Waals surface area contributed by atoms with Gasteiger partial charge in [-0.15, -0.1) is 0 Å². The van der Waals surface area contributed by atoms with Gasteiger partial charge >= 0.3 is 0 Å². The van der Waals surface area contributed by atoms with Crippen molar-refractivity contribution in [2.45, 2.75) is 75.7 Å². The van der Waals surface area contributed by atoms with E-state index in [0.717, 1.165) is 18.3 Å². The van der Waals surface area contributed by atoms with Gasteiger partial charge in [0.15, 0.2) is 0 Å². The molecule has 3 atom stereocenters. The summed E-state index contributed by atoms with van der Waals surface area (Å²) in [5, 5.41) is 11.8. The molecule has 4 aliphatic carbocycles. The van der Waals surface area contributed by atoms with E-state index in [9.17, 15) is 5.11 Å². The monoisotopic (exact) mass is 252 g/mol. The van der Waals surface area contributed by atoms with Crippen LogP contribution in [0.2, 0.25) is 24.7 Å². The first-order chi connectivity index (χ1) is 7.82. The van der Waals surface area contributed by atoms with Crippen molar-refractivity contribution in [2.24, 2.45) is 17.8 Å². The second-order valence-corrected chi connectivity index (χ2v) is 13.6. The molecule has 4 fully saturated rings. The summed E-state index contributed by atoms with van der Waals surface area (Å²) < 4.78 is 0. The fourth-order valence-corrected chi connectivity index (χ4v) is 9.47. The Morgan fingerprint density at radius 2 is 1.59 bits per heavy atom. The highest BCUT2D eigenvalue weighted by molar-refractivity contribution is 6.79. The quantitative estimate of drug-likeness (QED) is 0.735. The lowest BCUT2D eigenvalue weighted by Gasteiger charge is -2.69. The van der Waals surface area contributed by atoms with Crippen molar-refractivity contribution in [3.05, 3.63) is 0 Å². The summed E-state index contributed by atoms with van der Waals surface area (Å²) in [5.74, 6) is 2.53. The molecule has 0 aliphatic heterocycles. The molecule has 0 aromatic rings. The normalized spacial score (nSPS) is 53.1. The summed E-state index contributed by atoms with van der Waals surface area (Å²) in [6, 6.07) is 0. The van der Waals surface area contributed by atoms with Crippen LogP contribution in [0.1, 0.15) is 45.4 Å². The second-order valence-electron chi connectivity index (χ2n) is 8.15. The molecule has 1 nitrogen and oxygen atoms in total. The first-order valence-corrected chi connectivity index (χ1v) is 11.0. The minimum absolute atomic E-state index is 0.315. The summed E-state index contributed by atoms with van der Waals surface area (Å²) in [5.41, 5.74) is -0.315. The fraction of sp³-hybridized carbons (Fsp3) is 1.00. The molecular weight excluding hydrogens is 224 g/mol. The molecule has 4 bridgehead atoms. The fourth-order valence-electron chi connectivity index (χ4n) is 5.99. The maximum absolute atomic E-state index is 11.4. The Kier molecular flexibility index (Phi) is 2.43. The molecule has 0 aromatic carbocycles. The van der Waals surface area contributed by atoms with Crippen LogP contribution in [-0.4, -0.2) is 18.8 Å². The molecule has 3 unspecified atom stereocenters. The van der Waals surface area contributed by atoms with Gasteiger partial charge in [-0.3, -0.25) is 0 Å². The van der Waals surface area contributed by atoms with Crippen molar-refractivity contribution in [3.8, 4) is 0 Å². The van der Waals surface area contributed by atoms with Crippen LogP contribution in [0, 0.1) is 17.8 Å². The van der Waals surface area contributed by atoms with Gasteiger partial charge in [-0.1, -0.05) is 26.6 Å². The molecule has 4 rings (SSSR count). The average molecular weight is 252 g/mol. The molecule has 0 heterocycles. The van der Waals surface area contributed by atoms with Crippen molar-refractivity contribution in [3.63, 3.8) is 0 Å². The lowest BCUT2D eigenvalue weighted by Crippen LogP contribution is -2.67. The molecule has 4 aliphatic rings. The second kappa shape index (κ2) is 3.39. The first kappa shape index (κ1) is 12.2. The largest absolute Gasteiger partial charge is 0.389 e. The van der Waals surface area contributed by atoms with Crippen LogP contribution >= 0.6 is 0 Å². The third-order valence-electron chi connectivity index (χ3n) is 6.66. The minimum Gasteiger partial charge on any atom is -0.389 e. The molecule has 98 valence electrons. The van der Waals surface area contributed by atoms with Gasteiger partial charge in [-0.25, -0.2) is 0 Å². The number of rotatable bonds is 2. The van der Waals surface area contributed by atoms with Crippen molar-refractivity contribution >= 4 is 8.07 Å². The Balaban J connectivity index is 2.10. The van der Waals surface area contributed by atoms with Crippen LogP contribution < -0.4 is 0 Å². The van der Waals surface area contributed by atoms with Gasteiger partial charge in [-0.2, -0.15) is 0 Å². The van der Waals surface area contributed by atoms with E-state index in [0.29, 0.717) is 11.0 Å². The van der Waals surface area contributed by atoms with Crippen LogP contribution in [-0.2, 0) is 0 Å². The predicted molar refractivity (Wildman–Crippen MR) is 74.8 cm³/mol. The summed E-state index contributed by atoms with van der Waals surface area (Å²) in [6.45, 7) is 9.73. The van der Waals surface area contributed by atoms with E-state index < -0.39 is 8.07 Å². The lowest BCUT2D eigenvalue weighted by molar-refractivity contribution is -0.167. The smallest absolute Gasteiger partial charge is 0.0705 e. The van der Waals surface area contributed by atoms with Crippen molar-refractivity contribution in [1.29, 1.82) is 0 Å². The van der Waals surface area contributed by atoms with Gasteiger partial charge in [0.05, 0.1) is 13.7 Å². The zero-order chi connectivity index (χ0) is 12.5. The van der Waals surface area contributed by atoms with E-state index in [1.54, 1.807) is 0 Å². The Labute approximate surface area is 107 Å². The van der Waals surface area contributed by atoms with Crippen LogP contribution in [0.25, 0.3) is 0 Å².